The molecule has 0 bridgehead atoms. The predicted molar refractivity (Wildman–Crippen MR) is 258 cm³/mol. The number of aliphatic hydroxyl groups excluding tert-OH is 3. The summed E-state index contributed by atoms with van der Waals surface area (Å²) in [6.45, 7) is 15.3. The summed E-state index contributed by atoms with van der Waals surface area (Å²) >= 11 is 0. The van der Waals surface area contributed by atoms with Crippen LogP contribution in [0, 0.1) is 22.7 Å². The van der Waals surface area contributed by atoms with Crippen LogP contribution in [-0.2, 0) is 75.9 Å². The van der Waals surface area contributed by atoms with Gasteiger partial charge in [-0.1, -0.05) is 25.5 Å². The molecule has 0 amide bonds. The van der Waals surface area contributed by atoms with Gasteiger partial charge >= 0.3 is 11.9 Å². The molecule has 0 radical (unpaired) electrons. The van der Waals surface area contributed by atoms with Crippen molar-refractivity contribution >= 4 is 11.9 Å². The highest BCUT2D eigenvalue weighted by Crippen LogP contribution is 2.71. The van der Waals surface area contributed by atoms with Crippen molar-refractivity contribution in [1.82, 2.24) is 0 Å². The molecular weight excluding hydrogens is 973 g/mol. The summed E-state index contributed by atoms with van der Waals surface area (Å²) in [5.41, 5.74) is -4.75. The molecule has 27 atom stereocenters. The standard InChI is InChI=1S/C53H86O21/c1-24(54)33-16-19-53(60)51(33,9)48(70-30(7)56)46(69-29(6)55)47-50(8)17-15-32(20-31(50)14-18-52(47,53)59)71-37-21-34(61-10)42(26(3)65-37)72-38-22-35(62-11)43(27(4)66-38)73-39-23-36(63-12)44(28(5)67-39)74-49-41(58)45(64-13)40(57)25(2)68-49/h14,24-28,32-49,54,57-60H,15-23H2,1-13H3. The van der Waals surface area contributed by atoms with Gasteiger partial charge in [0.2, 0.25) is 0 Å². The first-order valence-electron chi connectivity index (χ1n) is 26.8. The van der Waals surface area contributed by atoms with Crippen LogP contribution in [0.5, 0.6) is 0 Å². The second kappa shape index (κ2) is 22.6. The third kappa shape index (κ3) is 10.3. The summed E-state index contributed by atoms with van der Waals surface area (Å²) in [5, 5.41) is 58.4. The smallest absolute Gasteiger partial charge is 0.303 e. The molecule has 4 aliphatic carbocycles. The second-order valence-electron chi connectivity index (χ2n) is 22.9. The summed E-state index contributed by atoms with van der Waals surface area (Å²) in [6, 6.07) is 0. The van der Waals surface area contributed by atoms with E-state index < -0.39 is 169 Å². The Kier molecular flexibility index (Phi) is 17.8. The maximum Gasteiger partial charge on any atom is 0.303 e. The zero-order valence-electron chi connectivity index (χ0n) is 45.5. The maximum atomic E-state index is 13.1. The number of ether oxygens (including phenoxy) is 14. The van der Waals surface area contributed by atoms with E-state index in [-0.39, 0.29) is 18.9 Å². The molecule has 4 saturated heterocycles. The van der Waals surface area contributed by atoms with Gasteiger partial charge in [-0.15, -0.1) is 0 Å². The number of carbonyl (C=O) groups is 2. The van der Waals surface area contributed by atoms with Gasteiger partial charge < -0.3 is 91.8 Å². The number of hydrogen-bond donors (Lipinski definition) is 5. The van der Waals surface area contributed by atoms with Crippen molar-refractivity contribution in [3.8, 4) is 0 Å². The van der Waals surface area contributed by atoms with Crippen molar-refractivity contribution in [3.05, 3.63) is 11.6 Å². The van der Waals surface area contributed by atoms with Crippen molar-refractivity contribution in [2.24, 2.45) is 22.7 Å². The van der Waals surface area contributed by atoms with E-state index in [4.69, 9.17) is 66.3 Å². The summed E-state index contributed by atoms with van der Waals surface area (Å²) in [4.78, 5) is 25.8. The van der Waals surface area contributed by atoms with E-state index in [2.05, 4.69) is 0 Å². The molecule has 4 heterocycles. The Morgan fingerprint density at radius 1 is 0.649 bits per heavy atom. The van der Waals surface area contributed by atoms with Crippen molar-refractivity contribution in [1.29, 1.82) is 0 Å². The summed E-state index contributed by atoms with van der Waals surface area (Å²) < 4.78 is 86.8. The second-order valence-corrected chi connectivity index (χ2v) is 22.9. The van der Waals surface area contributed by atoms with Crippen LogP contribution in [0.25, 0.3) is 0 Å². The van der Waals surface area contributed by atoms with Crippen LogP contribution in [0.2, 0.25) is 0 Å². The fraction of sp³-hybridized carbons (Fsp3) is 0.925. The first-order valence-corrected chi connectivity index (χ1v) is 26.8. The summed E-state index contributed by atoms with van der Waals surface area (Å²) in [6.07, 6.45) is -9.94. The van der Waals surface area contributed by atoms with Crippen molar-refractivity contribution in [2.75, 3.05) is 28.4 Å². The highest BCUT2D eigenvalue weighted by atomic mass is 16.8. The minimum atomic E-state index is -1.79. The summed E-state index contributed by atoms with van der Waals surface area (Å²) in [7, 11) is 6.22. The van der Waals surface area contributed by atoms with Gasteiger partial charge in [-0.05, 0) is 84.5 Å². The van der Waals surface area contributed by atoms with Gasteiger partial charge in [0.1, 0.15) is 60.0 Å². The van der Waals surface area contributed by atoms with Crippen molar-refractivity contribution < 1.29 is 101 Å². The van der Waals surface area contributed by atoms with Gasteiger partial charge in [0.25, 0.3) is 0 Å². The lowest BCUT2D eigenvalue weighted by molar-refractivity contribution is -0.356. The number of rotatable bonds is 15. The van der Waals surface area contributed by atoms with Crippen LogP contribution in [0.4, 0.5) is 0 Å². The van der Waals surface area contributed by atoms with Crippen LogP contribution in [0.3, 0.4) is 0 Å². The fourth-order valence-electron chi connectivity index (χ4n) is 15.0. The summed E-state index contributed by atoms with van der Waals surface area (Å²) in [5.74, 6) is -2.64. The molecular formula is C53H86O21. The lowest BCUT2D eigenvalue weighted by Gasteiger charge is -2.68. The van der Waals surface area contributed by atoms with E-state index in [1.807, 2.05) is 33.8 Å². The Labute approximate surface area is 435 Å². The molecule has 8 aliphatic rings. The number of carbonyl (C=O) groups excluding carboxylic acids is 2. The topological polar surface area (TPSA) is 265 Å². The monoisotopic (exact) mass is 1060 g/mol. The maximum absolute atomic E-state index is 13.1. The third-order valence-corrected chi connectivity index (χ3v) is 18.7. The van der Waals surface area contributed by atoms with E-state index in [1.54, 1.807) is 42.1 Å². The Bertz CT molecular complexity index is 1980. The van der Waals surface area contributed by atoms with Crippen LogP contribution < -0.4 is 0 Å². The average molecular weight is 1060 g/mol. The molecule has 8 rings (SSSR count). The van der Waals surface area contributed by atoms with E-state index in [0.29, 0.717) is 44.9 Å². The highest BCUT2D eigenvalue weighted by Gasteiger charge is 2.80. The van der Waals surface area contributed by atoms with E-state index >= 15 is 0 Å². The normalized spacial score (nSPS) is 50.9. The number of methoxy groups -OCH3 is 4. The first-order chi connectivity index (χ1) is 34.9. The lowest BCUT2D eigenvalue weighted by atomic mass is 9.42. The highest BCUT2D eigenvalue weighted by molar-refractivity contribution is 5.68. The zero-order valence-corrected chi connectivity index (χ0v) is 45.5. The average Bonchev–Trinajstić information content (AvgIpc) is 3.64. The van der Waals surface area contributed by atoms with E-state index in [9.17, 15) is 35.1 Å². The van der Waals surface area contributed by atoms with Crippen LogP contribution in [-0.4, -0.2) is 206 Å². The van der Waals surface area contributed by atoms with Crippen LogP contribution in [0.1, 0.15) is 120 Å². The molecule has 7 fully saturated rings. The quantitative estimate of drug-likeness (QED) is 0.117. The molecule has 0 spiro atoms. The molecule has 5 N–H and O–H groups in total. The molecule has 4 aliphatic heterocycles. The third-order valence-electron chi connectivity index (χ3n) is 18.7. The molecule has 21 nitrogen and oxygen atoms in total. The Balaban J connectivity index is 0.887. The SMILES string of the molecule is COC1CC(OC2CCC3(C)C(=CCC4(O)C3C(OC(C)=O)C(OC(C)=O)C3(C)C(C(C)O)CCC43O)C2)OC(C)C1OC1CC(OC)C(OC2CC(OC)C(OC3OC(C)C(O)C(OC)C3O)C(C)O2)C(C)O1. The van der Waals surface area contributed by atoms with Gasteiger partial charge in [0, 0.05) is 72.9 Å². The van der Waals surface area contributed by atoms with Crippen molar-refractivity contribution in [2.45, 2.75) is 260 Å². The van der Waals surface area contributed by atoms with Crippen molar-refractivity contribution in [3.63, 3.8) is 0 Å². The van der Waals surface area contributed by atoms with Gasteiger partial charge in [-0.2, -0.15) is 0 Å². The largest absolute Gasteiger partial charge is 0.458 e. The number of esters is 2. The van der Waals surface area contributed by atoms with Gasteiger partial charge in [0.05, 0.1) is 54.9 Å². The fourth-order valence-corrected chi connectivity index (χ4v) is 15.0. The number of fused-ring (bicyclic) bond motifs is 5. The first kappa shape index (κ1) is 58.2. The lowest BCUT2D eigenvalue weighted by Crippen LogP contribution is -2.80. The van der Waals surface area contributed by atoms with Gasteiger partial charge in [-0.3, -0.25) is 9.59 Å². The Morgan fingerprint density at radius 2 is 1.16 bits per heavy atom. The molecule has 424 valence electrons. The molecule has 27 unspecified atom stereocenters. The van der Waals surface area contributed by atoms with Gasteiger partial charge in [-0.25, -0.2) is 0 Å². The molecule has 3 saturated carbocycles. The Hall–Kier alpha value is -2.00. The molecule has 0 aromatic rings. The minimum absolute atomic E-state index is 0.0584. The number of hydrogen-bond acceptors (Lipinski definition) is 21. The van der Waals surface area contributed by atoms with Crippen LogP contribution >= 0.6 is 0 Å². The minimum Gasteiger partial charge on any atom is -0.458 e. The van der Waals surface area contributed by atoms with E-state index in [0.717, 1.165) is 5.57 Å². The molecule has 21 heteroatoms. The van der Waals surface area contributed by atoms with Crippen LogP contribution in [0.15, 0.2) is 11.6 Å². The Morgan fingerprint density at radius 3 is 1.65 bits per heavy atom. The molecule has 0 aromatic carbocycles. The number of aliphatic hydroxyl groups is 5. The van der Waals surface area contributed by atoms with E-state index in [1.165, 1.54) is 21.0 Å². The van der Waals surface area contributed by atoms with Gasteiger partial charge in [0.15, 0.2) is 25.2 Å². The predicted octanol–water partition coefficient (Wildman–Crippen LogP) is 2.73. The molecule has 0 aromatic heterocycles. The zero-order chi connectivity index (χ0) is 54.0. The molecule has 74 heavy (non-hydrogen) atoms.